The number of rotatable bonds is 3. The molecule has 2 rings (SSSR count). The minimum Gasteiger partial charge on any atom is -0.508 e. The zero-order valence-corrected chi connectivity index (χ0v) is 9.21. The summed E-state index contributed by atoms with van der Waals surface area (Å²) in [7, 11) is 0. The summed E-state index contributed by atoms with van der Waals surface area (Å²) >= 11 is 0. The van der Waals surface area contributed by atoms with E-state index in [-0.39, 0.29) is 17.9 Å². The van der Waals surface area contributed by atoms with Crippen molar-refractivity contribution in [2.45, 2.75) is 13.1 Å². The number of aromatic nitrogens is 2. The first-order valence-corrected chi connectivity index (χ1v) is 5.22. The SMILES string of the molecule is NCc1cn(Cc2ccc(O)cc2)cnc1=O. The van der Waals surface area contributed by atoms with Crippen LogP contribution in [0.15, 0.2) is 41.6 Å². The van der Waals surface area contributed by atoms with Crippen LogP contribution in [-0.4, -0.2) is 14.7 Å². The molecule has 0 amide bonds. The van der Waals surface area contributed by atoms with Crippen LogP contribution in [0.1, 0.15) is 11.1 Å². The van der Waals surface area contributed by atoms with Gasteiger partial charge in [-0.25, -0.2) is 0 Å². The van der Waals surface area contributed by atoms with E-state index in [9.17, 15) is 4.79 Å². The van der Waals surface area contributed by atoms with Crippen molar-refractivity contribution in [3.8, 4) is 5.75 Å². The first-order valence-electron chi connectivity index (χ1n) is 5.22. The van der Waals surface area contributed by atoms with Crippen molar-refractivity contribution in [2.24, 2.45) is 5.73 Å². The molecule has 0 fully saturated rings. The Morgan fingerprint density at radius 1 is 1.29 bits per heavy atom. The van der Waals surface area contributed by atoms with Gasteiger partial charge in [0.25, 0.3) is 5.56 Å². The van der Waals surface area contributed by atoms with Crippen molar-refractivity contribution in [1.29, 1.82) is 0 Å². The summed E-state index contributed by atoms with van der Waals surface area (Å²) in [6.45, 7) is 0.767. The summed E-state index contributed by atoms with van der Waals surface area (Å²) in [5, 5.41) is 9.16. The van der Waals surface area contributed by atoms with Gasteiger partial charge in [-0.15, -0.1) is 0 Å². The lowest BCUT2D eigenvalue weighted by molar-refractivity contribution is 0.475. The van der Waals surface area contributed by atoms with Crippen molar-refractivity contribution in [3.05, 3.63) is 58.3 Å². The number of nitrogens with two attached hydrogens (primary N) is 1. The Hall–Kier alpha value is -2.14. The number of hydrogen-bond donors (Lipinski definition) is 2. The maximum atomic E-state index is 11.3. The summed E-state index contributed by atoms with van der Waals surface area (Å²) in [6.07, 6.45) is 3.18. The molecule has 0 spiro atoms. The van der Waals surface area contributed by atoms with E-state index < -0.39 is 0 Å². The predicted octanol–water partition coefficient (Wildman–Crippen LogP) is 0.456. The second kappa shape index (κ2) is 4.80. The molecule has 5 heteroatoms. The van der Waals surface area contributed by atoms with Crippen LogP contribution in [0.3, 0.4) is 0 Å². The fourth-order valence-electron chi connectivity index (χ4n) is 1.54. The number of hydrogen-bond acceptors (Lipinski definition) is 4. The van der Waals surface area contributed by atoms with Gasteiger partial charge >= 0.3 is 0 Å². The molecule has 17 heavy (non-hydrogen) atoms. The van der Waals surface area contributed by atoms with Crippen molar-refractivity contribution in [3.63, 3.8) is 0 Å². The second-order valence-corrected chi connectivity index (χ2v) is 3.75. The maximum absolute atomic E-state index is 11.3. The van der Waals surface area contributed by atoms with Crippen LogP contribution in [0, 0.1) is 0 Å². The third kappa shape index (κ3) is 2.70. The zero-order valence-electron chi connectivity index (χ0n) is 9.21. The summed E-state index contributed by atoms with van der Waals surface area (Å²) in [6, 6.07) is 6.87. The van der Waals surface area contributed by atoms with Crippen LogP contribution in [0.5, 0.6) is 5.75 Å². The smallest absolute Gasteiger partial charge is 0.277 e. The van der Waals surface area contributed by atoms with Crippen molar-refractivity contribution in [1.82, 2.24) is 9.55 Å². The van der Waals surface area contributed by atoms with Crippen LogP contribution in [0.25, 0.3) is 0 Å². The summed E-state index contributed by atoms with van der Waals surface area (Å²) in [4.78, 5) is 15.0. The number of benzene rings is 1. The zero-order chi connectivity index (χ0) is 12.3. The van der Waals surface area contributed by atoms with E-state index >= 15 is 0 Å². The average Bonchev–Trinajstić information content (AvgIpc) is 2.34. The van der Waals surface area contributed by atoms with Crippen molar-refractivity contribution >= 4 is 0 Å². The largest absolute Gasteiger partial charge is 0.508 e. The van der Waals surface area contributed by atoms with E-state index in [1.165, 1.54) is 6.33 Å². The van der Waals surface area contributed by atoms with Gasteiger partial charge in [0.1, 0.15) is 5.75 Å². The van der Waals surface area contributed by atoms with Crippen molar-refractivity contribution in [2.75, 3.05) is 0 Å². The minimum absolute atomic E-state index is 0.183. The average molecular weight is 231 g/mol. The molecule has 0 aliphatic carbocycles. The Kier molecular flexibility index (Phi) is 3.20. The summed E-state index contributed by atoms with van der Waals surface area (Å²) < 4.78 is 1.79. The van der Waals surface area contributed by atoms with E-state index in [1.807, 2.05) is 12.1 Å². The normalized spacial score (nSPS) is 10.4. The highest BCUT2D eigenvalue weighted by Crippen LogP contribution is 2.10. The first-order chi connectivity index (χ1) is 8.19. The van der Waals surface area contributed by atoms with Gasteiger partial charge < -0.3 is 15.4 Å². The Labute approximate surface area is 98.2 Å². The van der Waals surface area contributed by atoms with Gasteiger partial charge in [-0.05, 0) is 17.7 Å². The lowest BCUT2D eigenvalue weighted by Gasteiger charge is -2.07. The maximum Gasteiger partial charge on any atom is 0.277 e. The van der Waals surface area contributed by atoms with Gasteiger partial charge in [0.2, 0.25) is 0 Å². The summed E-state index contributed by atoms with van der Waals surface area (Å²) in [5.74, 6) is 0.231. The van der Waals surface area contributed by atoms with Crippen LogP contribution in [0.2, 0.25) is 0 Å². The van der Waals surface area contributed by atoms with E-state index in [1.54, 1.807) is 22.9 Å². The fourth-order valence-corrected chi connectivity index (χ4v) is 1.54. The Balaban J connectivity index is 2.24. The molecule has 0 aliphatic rings. The van der Waals surface area contributed by atoms with Crippen LogP contribution < -0.4 is 11.3 Å². The number of phenolic OH excluding ortho intramolecular Hbond substituents is 1. The van der Waals surface area contributed by atoms with Crippen LogP contribution >= 0.6 is 0 Å². The monoisotopic (exact) mass is 231 g/mol. The Morgan fingerprint density at radius 3 is 2.65 bits per heavy atom. The van der Waals surface area contributed by atoms with Gasteiger partial charge in [0, 0.05) is 24.8 Å². The molecule has 0 radical (unpaired) electrons. The van der Waals surface area contributed by atoms with Crippen LogP contribution in [-0.2, 0) is 13.1 Å². The third-order valence-electron chi connectivity index (χ3n) is 2.44. The number of aromatic hydroxyl groups is 1. The van der Waals surface area contributed by atoms with Gasteiger partial charge in [-0.1, -0.05) is 12.1 Å². The molecule has 0 atom stereocenters. The molecular weight excluding hydrogens is 218 g/mol. The molecule has 3 N–H and O–H groups in total. The first kappa shape index (κ1) is 11.3. The topological polar surface area (TPSA) is 81.1 Å². The van der Waals surface area contributed by atoms with Gasteiger partial charge in [-0.3, -0.25) is 4.79 Å². The van der Waals surface area contributed by atoms with Gasteiger partial charge in [-0.2, -0.15) is 4.98 Å². The lowest BCUT2D eigenvalue weighted by atomic mass is 10.2. The molecular formula is C12H13N3O2. The second-order valence-electron chi connectivity index (χ2n) is 3.75. The number of nitrogens with zero attached hydrogens (tertiary/aromatic N) is 2. The van der Waals surface area contributed by atoms with E-state index in [0.29, 0.717) is 12.1 Å². The molecule has 5 nitrogen and oxygen atoms in total. The predicted molar refractivity (Wildman–Crippen MR) is 63.6 cm³/mol. The molecule has 88 valence electrons. The number of phenols is 1. The molecule has 1 heterocycles. The molecule has 0 unspecified atom stereocenters. The van der Waals surface area contributed by atoms with Gasteiger partial charge in [0.05, 0.1) is 6.33 Å². The third-order valence-corrected chi connectivity index (χ3v) is 2.44. The molecule has 1 aromatic heterocycles. The lowest BCUT2D eigenvalue weighted by Crippen LogP contribution is -2.19. The minimum atomic E-state index is -0.283. The quantitative estimate of drug-likeness (QED) is 0.804. The molecule has 0 saturated heterocycles. The van der Waals surface area contributed by atoms with E-state index in [2.05, 4.69) is 4.98 Å². The standard InChI is InChI=1S/C12H13N3O2/c13-5-10-7-15(8-14-12(10)17)6-9-1-3-11(16)4-2-9/h1-4,7-8,16H,5-6,13H2. The Bertz CT molecular complexity index is 561. The van der Waals surface area contributed by atoms with E-state index in [4.69, 9.17) is 10.8 Å². The van der Waals surface area contributed by atoms with E-state index in [0.717, 1.165) is 5.56 Å². The molecule has 0 saturated carbocycles. The molecule has 1 aromatic carbocycles. The summed E-state index contributed by atoms with van der Waals surface area (Å²) in [5.41, 5.74) is 6.67. The molecule has 0 aliphatic heterocycles. The van der Waals surface area contributed by atoms with Crippen LogP contribution in [0.4, 0.5) is 0 Å². The molecule has 2 aromatic rings. The molecule has 0 bridgehead atoms. The van der Waals surface area contributed by atoms with Crippen molar-refractivity contribution < 1.29 is 5.11 Å². The fraction of sp³-hybridized carbons (Fsp3) is 0.167. The highest BCUT2D eigenvalue weighted by atomic mass is 16.3. The highest BCUT2D eigenvalue weighted by molar-refractivity contribution is 5.26. The Morgan fingerprint density at radius 2 is 2.00 bits per heavy atom. The van der Waals surface area contributed by atoms with Gasteiger partial charge in [0.15, 0.2) is 0 Å². The highest BCUT2D eigenvalue weighted by Gasteiger charge is 2.00.